The molecule has 0 aliphatic heterocycles. The summed E-state index contributed by atoms with van der Waals surface area (Å²) in [7, 11) is 0. The van der Waals surface area contributed by atoms with Gasteiger partial charge >= 0.3 is 0 Å². The third-order valence-electron chi connectivity index (χ3n) is 1.82. The highest BCUT2D eigenvalue weighted by Crippen LogP contribution is 2.18. The summed E-state index contributed by atoms with van der Waals surface area (Å²) in [5, 5.41) is 0.515. The van der Waals surface area contributed by atoms with Crippen molar-refractivity contribution in [1.82, 2.24) is 0 Å². The summed E-state index contributed by atoms with van der Waals surface area (Å²) in [6.07, 6.45) is 0. The number of benzene rings is 1. The van der Waals surface area contributed by atoms with Crippen LogP contribution in [0.2, 0.25) is 0 Å². The van der Waals surface area contributed by atoms with Crippen LogP contribution in [0.3, 0.4) is 0 Å². The molecule has 72 valence electrons. The van der Waals surface area contributed by atoms with Gasteiger partial charge in [-0.2, -0.15) is 11.8 Å². The van der Waals surface area contributed by atoms with Crippen LogP contribution >= 0.6 is 11.8 Å². The van der Waals surface area contributed by atoms with Gasteiger partial charge in [0.05, 0.1) is 0 Å². The van der Waals surface area contributed by atoms with Crippen molar-refractivity contribution in [3.8, 4) is 0 Å². The average molecular weight is 196 g/mol. The molecule has 0 aromatic heterocycles. The van der Waals surface area contributed by atoms with E-state index in [4.69, 9.17) is 11.5 Å². The zero-order valence-electron chi connectivity index (χ0n) is 7.86. The lowest BCUT2D eigenvalue weighted by Gasteiger charge is -2.07. The van der Waals surface area contributed by atoms with Crippen LogP contribution in [-0.2, 0) is 5.75 Å². The Balaban J connectivity index is 2.45. The van der Waals surface area contributed by atoms with Gasteiger partial charge in [0.1, 0.15) is 0 Å². The van der Waals surface area contributed by atoms with Gasteiger partial charge in [0.2, 0.25) is 0 Å². The molecule has 0 aliphatic carbocycles. The fourth-order valence-electron chi connectivity index (χ4n) is 0.989. The highest BCUT2D eigenvalue weighted by molar-refractivity contribution is 7.99. The van der Waals surface area contributed by atoms with Crippen LogP contribution in [0.4, 0.5) is 5.69 Å². The van der Waals surface area contributed by atoms with Crippen molar-refractivity contribution in [2.75, 3.05) is 12.3 Å². The number of nitrogens with two attached hydrogens (primary N) is 2. The van der Waals surface area contributed by atoms with Crippen LogP contribution < -0.4 is 11.5 Å². The standard InChI is InChI=1S/C10H16N2S/c1-8(6-11)13-7-9-3-2-4-10(12)5-9/h2-5,8H,6-7,11-12H2,1H3. The molecular formula is C10H16N2S. The molecule has 1 unspecified atom stereocenters. The number of hydrogen-bond acceptors (Lipinski definition) is 3. The molecule has 0 aliphatic rings. The van der Waals surface area contributed by atoms with E-state index in [1.54, 1.807) is 0 Å². The van der Waals surface area contributed by atoms with E-state index >= 15 is 0 Å². The molecule has 2 nitrogen and oxygen atoms in total. The van der Waals surface area contributed by atoms with Crippen LogP contribution in [0.1, 0.15) is 12.5 Å². The monoisotopic (exact) mass is 196 g/mol. The van der Waals surface area contributed by atoms with Crippen molar-refractivity contribution >= 4 is 17.4 Å². The smallest absolute Gasteiger partial charge is 0.0317 e. The Morgan fingerprint density at radius 3 is 2.85 bits per heavy atom. The summed E-state index contributed by atoms with van der Waals surface area (Å²) >= 11 is 1.86. The maximum atomic E-state index is 5.66. The van der Waals surface area contributed by atoms with E-state index < -0.39 is 0 Å². The predicted molar refractivity (Wildman–Crippen MR) is 60.7 cm³/mol. The molecule has 13 heavy (non-hydrogen) atoms. The van der Waals surface area contributed by atoms with Crippen molar-refractivity contribution in [2.45, 2.75) is 17.9 Å². The molecule has 1 aromatic rings. The second-order valence-electron chi connectivity index (χ2n) is 3.10. The lowest BCUT2D eigenvalue weighted by Crippen LogP contribution is -2.12. The van der Waals surface area contributed by atoms with Gasteiger partial charge in [0.15, 0.2) is 0 Å². The minimum Gasteiger partial charge on any atom is -0.399 e. The van der Waals surface area contributed by atoms with E-state index in [0.29, 0.717) is 5.25 Å². The summed E-state index contributed by atoms with van der Waals surface area (Å²) in [4.78, 5) is 0. The molecule has 0 saturated heterocycles. The first-order valence-corrected chi connectivity index (χ1v) is 5.43. The van der Waals surface area contributed by atoms with Gasteiger partial charge in [0, 0.05) is 23.2 Å². The molecule has 1 aromatic carbocycles. The molecule has 0 saturated carbocycles. The van der Waals surface area contributed by atoms with E-state index in [0.717, 1.165) is 18.0 Å². The maximum absolute atomic E-state index is 5.66. The lowest BCUT2D eigenvalue weighted by atomic mass is 10.2. The van der Waals surface area contributed by atoms with E-state index in [9.17, 15) is 0 Å². The molecule has 1 atom stereocenters. The molecule has 0 amide bonds. The minimum atomic E-state index is 0.515. The Hall–Kier alpha value is -0.670. The highest BCUT2D eigenvalue weighted by Gasteiger charge is 2.00. The maximum Gasteiger partial charge on any atom is 0.0317 e. The summed E-state index contributed by atoms with van der Waals surface area (Å²) in [5.41, 5.74) is 13.3. The Labute approximate surface area is 83.7 Å². The van der Waals surface area contributed by atoms with Crippen LogP contribution in [0, 0.1) is 0 Å². The fourth-order valence-corrected chi connectivity index (χ4v) is 1.78. The Kier molecular flexibility index (Phi) is 4.12. The molecule has 0 fully saturated rings. The molecule has 4 N–H and O–H groups in total. The third-order valence-corrected chi connectivity index (χ3v) is 3.08. The van der Waals surface area contributed by atoms with Crippen LogP contribution in [0.25, 0.3) is 0 Å². The summed E-state index contributed by atoms with van der Waals surface area (Å²) in [6, 6.07) is 7.99. The predicted octanol–water partition coefficient (Wildman–Crippen LogP) is 1.85. The average Bonchev–Trinajstić information content (AvgIpc) is 2.14. The van der Waals surface area contributed by atoms with Crippen molar-refractivity contribution in [3.05, 3.63) is 29.8 Å². The van der Waals surface area contributed by atoms with Gasteiger partial charge in [-0.15, -0.1) is 0 Å². The van der Waals surface area contributed by atoms with Gasteiger partial charge in [-0.05, 0) is 17.7 Å². The number of thioether (sulfide) groups is 1. The zero-order chi connectivity index (χ0) is 9.68. The van der Waals surface area contributed by atoms with Gasteiger partial charge < -0.3 is 11.5 Å². The second-order valence-corrected chi connectivity index (χ2v) is 4.53. The first-order chi connectivity index (χ1) is 6.22. The summed E-state index contributed by atoms with van der Waals surface area (Å²) < 4.78 is 0. The van der Waals surface area contributed by atoms with E-state index in [-0.39, 0.29) is 0 Å². The van der Waals surface area contributed by atoms with Gasteiger partial charge in [-0.3, -0.25) is 0 Å². The fraction of sp³-hybridized carbons (Fsp3) is 0.400. The Bertz CT molecular complexity index is 263. The van der Waals surface area contributed by atoms with Crippen molar-refractivity contribution in [3.63, 3.8) is 0 Å². The van der Waals surface area contributed by atoms with Crippen molar-refractivity contribution in [1.29, 1.82) is 0 Å². The van der Waals surface area contributed by atoms with E-state index in [1.165, 1.54) is 5.56 Å². The first-order valence-electron chi connectivity index (χ1n) is 4.38. The lowest BCUT2D eigenvalue weighted by molar-refractivity contribution is 0.951. The Morgan fingerprint density at radius 1 is 1.46 bits per heavy atom. The second kappa shape index (κ2) is 5.14. The van der Waals surface area contributed by atoms with Gasteiger partial charge in [-0.1, -0.05) is 19.1 Å². The molecule has 1 rings (SSSR count). The molecule has 0 bridgehead atoms. The first kappa shape index (κ1) is 10.4. The molecule has 0 spiro atoms. The zero-order valence-corrected chi connectivity index (χ0v) is 8.68. The van der Waals surface area contributed by atoms with Crippen LogP contribution in [0.5, 0.6) is 0 Å². The highest BCUT2D eigenvalue weighted by atomic mass is 32.2. The molecular weight excluding hydrogens is 180 g/mol. The normalized spacial score (nSPS) is 12.8. The van der Waals surface area contributed by atoms with E-state index in [2.05, 4.69) is 13.0 Å². The molecule has 0 heterocycles. The van der Waals surface area contributed by atoms with Crippen LogP contribution in [0.15, 0.2) is 24.3 Å². The summed E-state index contributed by atoms with van der Waals surface area (Å²) in [6.45, 7) is 2.87. The Morgan fingerprint density at radius 2 is 2.23 bits per heavy atom. The topological polar surface area (TPSA) is 52.0 Å². The molecule has 0 radical (unpaired) electrons. The largest absolute Gasteiger partial charge is 0.399 e. The minimum absolute atomic E-state index is 0.515. The van der Waals surface area contributed by atoms with E-state index in [1.807, 2.05) is 30.0 Å². The quantitative estimate of drug-likeness (QED) is 0.723. The molecule has 3 heteroatoms. The number of nitrogen functional groups attached to an aromatic ring is 1. The summed E-state index contributed by atoms with van der Waals surface area (Å²) in [5.74, 6) is 0.989. The van der Waals surface area contributed by atoms with Crippen LogP contribution in [-0.4, -0.2) is 11.8 Å². The third kappa shape index (κ3) is 3.70. The SMILES string of the molecule is CC(CN)SCc1cccc(N)c1. The number of hydrogen-bond donors (Lipinski definition) is 2. The van der Waals surface area contributed by atoms with Crippen molar-refractivity contribution in [2.24, 2.45) is 5.73 Å². The van der Waals surface area contributed by atoms with Gasteiger partial charge in [-0.25, -0.2) is 0 Å². The van der Waals surface area contributed by atoms with Gasteiger partial charge in [0.25, 0.3) is 0 Å². The number of anilines is 1. The van der Waals surface area contributed by atoms with Crippen molar-refractivity contribution < 1.29 is 0 Å². The number of rotatable bonds is 4.